The van der Waals surface area contributed by atoms with Gasteiger partial charge in [-0.3, -0.25) is 9.63 Å². The fourth-order valence-electron chi connectivity index (χ4n) is 0.892. The third-order valence-corrected chi connectivity index (χ3v) is 2.43. The van der Waals surface area contributed by atoms with E-state index in [0.29, 0.717) is 3.57 Å². The molecule has 0 saturated carbocycles. The number of nitrogens with one attached hydrogen (secondary N) is 1. The Labute approximate surface area is 104 Å². The van der Waals surface area contributed by atoms with E-state index in [1.807, 2.05) is 5.48 Å². The van der Waals surface area contributed by atoms with Crippen LogP contribution in [0.15, 0.2) is 18.2 Å². The first-order valence-corrected chi connectivity index (χ1v) is 5.17. The van der Waals surface area contributed by atoms with Crippen molar-refractivity contribution < 1.29 is 23.9 Å². The summed E-state index contributed by atoms with van der Waals surface area (Å²) < 4.78 is 13.1. The number of carboxylic acids is 1. The van der Waals surface area contributed by atoms with Gasteiger partial charge >= 0.3 is 5.97 Å². The summed E-state index contributed by atoms with van der Waals surface area (Å²) in [5.74, 6) is -2.27. The number of hydrogen-bond acceptors (Lipinski definition) is 3. The Kier molecular flexibility index (Phi) is 4.62. The Balaban J connectivity index is 2.63. The van der Waals surface area contributed by atoms with E-state index in [4.69, 9.17) is 5.11 Å². The fourth-order valence-corrected chi connectivity index (χ4v) is 1.61. The van der Waals surface area contributed by atoms with Gasteiger partial charge in [0.1, 0.15) is 5.82 Å². The van der Waals surface area contributed by atoms with E-state index < -0.39 is 24.3 Å². The Morgan fingerprint density at radius 1 is 1.50 bits per heavy atom. The van der Waals surface area contributed by atoms with Gasteiger partial charge in [-0.25, -0.2) is 14.7 Å². The van der Waals surface area contributed by atoms with Crippen LogP contribution in [0.2, 0.25) is 0 Å². The first-order chi connectivity index (χ1) is 7.50. The molecule has 1 rings (SSSR count). The molecule has 7 heteroatoms. The van der Waals surface area contributed by atoms with Crippen molar-refractivity contribution in [2.75, 3.05) is 6.61 Å². The normalized spacial score (nSPS) is 9.88. The molecule has 0 unspecified atom stereocenters. The van der Waals surface area contributed by atoms with Gasteiger partial charge in [0.15, 0.2) is 6.61 Å². The van der Waals surface area contributed by atoms with E-state index in [1.54, 1.807) is 22.6 Å². The Bertz CT molecular complexity index is 424. The van der Waals surface area contributed by atoms with Crippen LogP contribution in [-0.2, 0) is 9.63 Å². The maximum Gasteiger partial charge on any atom is 0.332 e. The second-order valence-electron chi connectivity index (χ2n) is 2.74. The van der Waals surface area contributed by atoms with Crippen LogP contribution < -0.4 is 5.48 Å². The highest BCUT2D eigenvalue weighted by atomic mass is 127. The number of amides is 1. The van der Waals surface area contributed by atoms with Gasteiger partial charge in [-0.2, -0.15) is 0 Å². The largest absolute Gasteiger partial charge is 0.479 e. The van der Waals surface area contributed by atoms with Crippen molar-refractivity contribution in [2.45, 2.75) is 0 Å². The molecule has 1 amide bonds. The van der Waals surface area contributed by atoms with Crippen LogP contribution >= 0.6 is 22.6 Å². The van der Waals surface area contributed by atoms with E-state index in [9.17, 15) is 14.0 Å². The summed E-state index contributed by atoms with van der Waals surface area (Å²) in [5.41, 5.74) is 2.16. The highest BCUT2D eigenvalue weighted by molar-refractivity contribution is 14.1. The molecule has 0 aliphatic heterocycles. The number of benzene rings is 1. The van der Waals surface area contributed by atoms with Gasteiger partial charge < -0.3 is 5.11 Å². The average molecular weight is 339 g/mol. The SMILES string of the molecule is O=C(O)CONC(=O)c1ccc(F)cc1I. The summed E-state index contributed by atoms with van der Waals surface area (Å²) in [6.07, 6.45) is 0. The maximum absolute atomic E-state index is 12.7. The predicted octanol–water partition coefficient (Wildman–Crippen LogP) is 1.18. The van der Waals surface area contributed by atoms with Crippen LogP contribution in [0, 0.1) is 9.39 Å². The molecule has 5 nitrogen and oxygen atoms in total. The minimum absolute atomic E-state index is 0.215. The minimum atomic E-state index is -1.20. The lowest BCUT2D eigenvalue weighted by atomic mass is 10.2. The summed E-state index contributed by atoms with van der Waals surface area (Å²) in [5, 5.41) is 8.26. The first kappa shape index (κ1) is 12.8. The van der Waals surface area contributed by atoms with Crippen molar-refractivity contribution in [3.63, 3.8) is 0 Å². The van der Waals surface area contributed by atoms with Crippen molar-refractivity contribution in [2.24, 2.45) is 0 Å². The van der Waals surface area contributed by atoms with Crippen molar-refractivity contribution in [3.05, 3.63) is 33.1 Å². The van der Waals surface area contributed by atoms with Gasteiger partial charge in [-0.15, -0.1) is 0 Å². The average Bonchev–Trinajstić information content (AvgIpc) is 2.16. The maximum atomic E-state index is 12.7. The van der Waals surface area contributed by atoms with E-state index in [-0.39, 0.29) is 5.56 Å². The van der Waals surface area contributed by atoms with E-state index >= 15 is 0 Å². The Morgan fingerprint density at radius 2 is 2.19 bits per heavy atom. The first-order valence-electron chi connectivity index (χ1n) is 4.09. The molecule has 1 aromatic carbocycles. The monoisotopic (exact) mass is 339 g/mol. The van der Waals surface area contributed by atoms with E-state index in [1.165, 1.54) is 12.1 Å². The number of hydroxylamine groups is 1. The van der Waals surface area contributed by atoms with Crippen LogP contribution in [-0.4, -0.2) is 23.6 Å². The van der Waals surface area contributed by atoms with Gasteiger partial charge in [0, 0.05) is 3.57 Å². The van der Waals surface area contributed by atoms with Crippen molar-refractivity contribution in [1.82, 2.24) is 5.48 Å². The van der Waals surface area contributed by atoms with Gasteiger partial charge in [0.25, 0.3) is 5.91 Å². The number of halogens is 2. The molecule has 0 saturated heterocycles. The molecule has 2 N–H and O–H groups in total. The van der Waals surface area contributed by atoms with Crippen LogP contribution in [0.3, 0.4) is 0 Å². The zero-order chi connectivity index (χ0) is 12.1. The van der Waals surface area contributed by atoms with Gasteiger partial charge in [0.05, 0.1) is 5.56 Å². The highest BCUT2D eigenvalue weighted by Gasteiger charge is 2.11. The lowest BCUT2D eigenvalue weighted by molar-refractivity contribution is -0.144. The van der Waals surface area contributed by atoms with Crippen LogP contribution in [0.5, 0.6) is 0 Å². The molecule has 0 spiro atoms. The van der Waals surface area contributed by atoms with Crippen LogP contribution in [0.4, 0.5) is 4.39 Å². The van der Waals surface area contributed by atoms with Crippen molar-refractivity contribution >= 4 is 34.5 Å². The Hall–Kier alpha value is -1.22. The summed E-state index contributed by atoms with van der Waals surface area (Å²) in [6, 6.07) is 3.61. The summed E-state index contributed by atoms with van der Waals surface area (Å²) in [7, 11) is 0. The number of carboxylic acid groups (broad SMARTS) is 1. The molecule has 86 valence electrons. The van der Waals surface area contributed by atoms with Gasteiger partial charge in [-0.05, 0) is 40.8 Å². The molecule has 0 fully saturated rings. The quantitative estimate of drug-likeness (QED) is 0.638. The molecule has 0 aliphatic rings. The minimum Gasteiger partial charge on any atom is -0.479 e. The van der Waals surface area contributed by atoms with Crippen LogP contribution in [0.1, 0.15) is 10.4 Å². The third kappa shape index (κ3) is 3.74. The number of hydrogen-bond donors (Lipinski definition) is 2. The third-order valence-electron chi connectivity index (χ3n) is 1.54. The summed E-state index contributed by atoms with van der Waals surface area (Å²) in [6.45, 7) is -0.635. The Morgan fingerprint density at radius 3 is 2.75 bits per heavy atom. The van der Waals surface area contributed by atoms with Crippen LogP contribution in [0.25, 0.3) is 0 Å². The summed E-state index contributed by atoms with van der Waals surface area (Å²) in [4.78, 5) is 25.9. The molecule has 1 aromatic rings. The number of carbonyl (C=O) groups excluding carboxylic acids is 1. The fraction of sp³-hybridized carbons (Fsp3) is 0.111. The van der Waals surface area contributed by atoms with Crippen molar-refractivity contribution in [3.8, 4) is 0 Å². The highest BCUT2D eigenvalue weighted by Crippen LogP contribution is 2.13. The molecule has 0 heterocycles. The number of carbonyl (C=O) groups is 2. The molecular formula is C9H7FINO4. The van der Waals surface area contributed by atoms with Gasteiger partial charge in [0.2, 0.25) is 0 Å². The molecule has 0 bridgehead atoms. The second-order valence-corrected chi connectivity index (χ2v) is 3.90. The lowest BCUT2D eigenvalue weighted by Crippen LogP contribution is -2.27. The predicted molar refractivity (Wildman–Crippen MR) is 60.2 cm³/mol. The number of rotatable bonds is 4. The second kappa shape index (κ2) is 5.75. The molecule has 0 atom stereocenters. The molecular weight excluding hydrogens is 332 g/mol. The standard InChI is InChI=1S/C9H7FINO4/c10-5-1-2-6(7(11)3-5)9(15)12-16-4-8(13)14/h1-3H,4H2,(H,12,15)(H,13,14). The molecule has 0 radical (unpaired) electrons. The topological polar surface area (TPSA) is 75.6 Å². The summed E-state index contributed by atoms with van der Waals surface area (Å²) >= 11 is 1.79. The zero-order valence-electron chi connectivity index (χ0n) is 7.87. The smallest absolute Gasteiger partial charge is 0.332 e. The zero-order valence-corrected chi connectivity index (χ0v) is 10.0. The number of aliphatic carboxylic acids is 1. The van der Waals surface area contributed by atoms with E-state index in [0.717, 1.165) is 6.07 Å². The lowest BCUT2D eigenvalue weighted by Gasteiger charge is -2.05. The molecule has 16 heavy (non-hydrogen) atoms. The van der Waals surface area contributed by atoms with E-state index in [2.05, 4.69) is 4.84 Å². The van der Waals surface area contributed by atoms with Crippen molar-refractivity contribution in [1.29, 1.82) is 0 Å². The molecule has 0 aromatic heterocycles. The molecule has 0 aliphatic carbocycles. The van der Waals surface area contributed by atoms with Gasteiger partial charge in [-0.1, -0.05) is 0 Å².